The first-order valence-corrected chi connectivity index (χ1v) is 6.13. The third-order valence-electron chi connectivity index (χ3n) is 3.07. The molecule has 2 atom stereocenters. The standard InChI is InChI=1S/C11H22ClNO/c1-10(9-14-2)13-8-4-6-11(13)5-3-7-12/h10-11H,3-9H2,1-2H3. The Balaban J connectivity index is 2.33. The highest BCUT2D eigenvalue weighted by atomic mass is 35.5. The van der Waals surface area contributed by atoms with Gasteiger partial charge in [-0.1, -0.05) is 0 Å². The summed E-state index contributed by atoms with van der Waals surface area (Å²) < 4.78 is 5.20. The highest BCUT2D eigenvalue weighted by molar-refractivity contribution is 6.17. The molecule has 0 N–H and O–H groups in total. The molecule has 1 aliphatic heterocycles. The lowest BCUT2D eigenvalue weighted by molar-refractivity contribution is 0.0887. The summed E-state index contributed by atoms with van der Waals surface area (Å²) in [7, 11) is 1.78. The molecule has 2 unspecified atom stereocenters. The van der Waals surface area contributed by atoms with Crippen molar-refractivity contribution in [1.82, 2.24) is 4.90 Å². The molecule has 3 heteroatoms. The molecule has 14 heavy (non-hydrogen) atoms. The monoisotopic (exact) mass is 219 g/mol. The van der Waals surface area contributed by atoms with E-state index in [1.807, 2.05) is 0 Å². The van der Waals surface area contributed by atoms with Crippen LogP contribution in [0.3, 0.4) is 0 Å². The van der Waals surface area contributed by atoms with E-state index in [1.165, 1.54) is 25.8 Å². The predicted octanol–water partition coefficient (Wildman–Crippen LogP) is 2.50. The summed E-state index contributed by atoms with van der Waals surface area (Å²) in [6.07, 6.45) is 5.06. The van der Waals surface area contributed by atoms with E-state index in [2.05, 4.69) is 11.8 Å². The number of methoxy groups -OCH3 is 1. The van der Waals surface area contributed by atoms with E-state index in [-0.39, 0.29) is 0 Å². The summed E-state index contributed by atoms with van der Waals surface area (Å²) in [4.78, 5) is 2.58. The van der Waals surface area contributed by atoms with Crippen LogP contribution in [-0.2, 0) is 4.74 Å². The summed E-state index contributed by atoms with van der Waals surface area (Å²) >= 11 is 5.73. The van der Waals surface area contributed by atoms with E-state index in [0.717, 1.165) is 24.9 Å². The molecule has 1 aliphatic rings. The van der Waals surface area contributed by atoms with Crippen LogP contribution in [-0.4, -0.2) is 43.1 Å². The number of rotatable bonds is 6. The van der Waals surface area contributed by atoms with E-state index < -0.39 is 0 Å². The van der Waals surface area contributed by atoms with E-state index in [1.54, 1.807) is 7.11 Å². The zero-order valence-electron chi connectivity index (χ0n) is 9.34. The van der Waals surface area contributed by atoms with Crippen LogP contribution < -0.4 is 0 Å². The van der Waals surface area contributed by atoms with Gasteiger partial charge in [-0.2, -0.15) is 0 Å². The Morgan fingerprint density at radius 3 is 3.00 bits per heavy atom. The number of halogens is 1. The van der Waals surface area contributed by atoms with Crippen LogP contribution in [0, 0.1) is 0 Å². The molecular formula is C11H22ClNO. The normalized spacial score (nSPS) is 25.5. The molecule has 2 nitrogen and oxygen atoms in total. The van der Waals surface area contributed by atoms with Crippen molar-refractivity contribution in [3.05, 3.63) is 0 Å². The quantitative estimate of drug-likeness (QED) is 0.637. The van der Waals surface area contributed by atoms with Gasteiger partial charge >= 0.3 is 0 Å². The second-order valence-electron chi connectivity index (χ2n) is 4.17. The van der Waals surface area contributed by atoms with Crippen LogP contribution >= 0.6 is 11.6 Å². The lowest BCUT2D eigenvalue weighted by atomic mass is 10.1. The van der Waals surface area contributed by atoms with E-state index in [4.69, 9.17) is 16.3 Å². The Kier molecular flexibility index (Phi) is 5.83. The fourth-order valence-electron chi connectivity index (χ4n) is 2.40. The molecule has 0 aliphatic carbocycles. The molecule has 0 aromatic heterocycles. The van der Waals surface area contributed by atoms with Crippen molar-refractivity contribution in [2.24, 2.45) is 0 Å². The lowest BCUT2D eigenvalue weighted by Crippen LogP contribution is -2.39. The first-order chi connectivity index (χ1) is 6.79. The first-order valence-electron chi connectivity index (χ1n) is 5.60. The third-order valence-corrected chi connectivity index (χ3v) is 3.33. The zero-order chi connectivity index (χ0) is 10.4. The molecule has 0 aromatic rings. The van der Waals surface area contributed by atoms with Gasteiger partial charge in [0.15, 0.2) is 0 Å². The summed E-state index contributed by atoms with van der Waals surface area (Å²) in [6.45, 7) is 4.33. The maximum absolute atomic E-state index is 5.73. The van der Waals surface area contributed by atoms with Gasteiger partial charge in [-0.05, 0) is 39.2 Å². The summed E-state index contributed by atoms with van der Waals surface area (Å²) in [5.74, 6) is 0.795. The Labute approximate surface area is 92.6 Å². The average Bonchev–Trinajstić information content (AvgIpc) is 2.63. The fraction of sp³-hybridized carbons (Fsp3) is 1.00. The number of hydrogen-bond donors (Lipinski definition) is 0. The van der Waals surface area contributed by atoms with Gasteiger partial charge < -0.3 is 4.74 Å². The van der Waals surface area contributed by atoms with Crippen molar-refractivity contribution < 1.29 is 4.74 Å². The smallest absolute Gasteiger partial charge is 0.0615 e. The minimum Gasteiger partial charge on any atom is -0.383 e. The van der Waals surface area contributed by atoms with Crippen molar-refractivity contribution in [3.8, 4) is 0 Å². The molecule has 84 valence electrons. The molecular weight excluding hydrogens is 198 g/mol. The first kappa shape index (κ1) is 12.3. The largest absolute Gasteiger partial charge is 0.383 e. The second-order valence-corrected chi connectivity index (χ2v) is 4.55. The zero-order valence-corrected chi connectivity index (χ0v) is 10.1. The topological polar surface area (TPSA) is 12.5 Å². The van der Waals surface area contributed by atoms with Crippen LogP contribution in [0.5, 0.6) is 0 Å². The maximum atomic E-state index is 5.73. The van der Waals surface area contributed by atoms with Crippen LogP contribution in [0.2, 0.25) is 0 Å². The SMILES string of the molecule is COCC(C)N1CCCC1CCCCl. The second kappa shape index (κ2) is 6.65. The minimum atomic E-state index is 0.558. The number of alkyl halides is 1. The van der Waals surface area contributed by atoms with Crippen LogP contribution in [0.15, 0.2) is 0 Å². The molecule has 0 aromatic carbocycles. The number of nitrogens with zero attached hydrogens (tertiary/aromatic N) is 1. The Morgan fingerprint density at radius 1 is 1.57 bits per heavy atom. The number of ether oxygens (including phenoxy) is 1. The van der Waals surface area contributed by atoms with E-state index in [0.29, 0.717) is 6.04 Å². The molecule has 0 radical (unpaired) electrons. The van der Waals surface area contributed by atoms with Gasteiger partial charge in [0.2, 0.25) is 0 Å². The van der Waals surface area contributed by atoms with E-state index in [9.17, 15) is 0 Å². The predicted molar refractivity (Wildman–Crippen MR) is 61.0 cm³/mol. The highest BCUT2D eigenvalue weighted by Gasteiger charge is 2.27. The van der Waals surface area contributed by atoms with Crippen LogP contribution in [0.1, 0.15) is 32.6 Å². The lowest BCUT2D eigenvalue weighted by Gasteiger charge is -2.30. The van der Waals surface area contributed by atoms with Gasteiger partial charge in [0, 0.05) is 25.1 Å². The van der Waals surface area contributed by atoms with Gasteiger partial charge in [-0.25, -0.2) is 0 Å². The molecule has 1 fully saturated rings. The number of hydrogen-bond acceptors (Lipinski definition) is 2. The summed E-state index contributed by atoms with van der Waals surface area (Å²) in [5, 5.41) is 0. The molecule has 0 amide bonds. The van der Waals surface area contributed by atoms with Crippen molar-refractivity contribution in [2.75, 3.05) is 26.1 Å². The van der Waals surface area contributed by atoms with Crippen LogP contribution in [0.4, 0.5) is 0 Å². The van der Waals surface area contributed by atoms with Gasteiger partial charge in [0.05, 0.1) is 6.61 Å². The summed E-state index contributed by atoms with van der Waals surface area (Å²) in [6, 6.07) is 1.31. The molecule has 1 heterocycles. The maximum Gasteiger partial charge on any atom is 0.0615 e. The van der Waals surface area contributed by atoms with Gasteiger partial charge in [-0.15, -0.1) is 11.6 Å². The van der Waals surface area contributed by atoms with E-state index >= 15 is 0 Å². The van der Waals surface area contributed by atoms with Gasteiger partial charge in [0.25, 0.3) is 0 Å². The fourth-order valence-corrected chi connectivity index (χ4v) is 2.55. The highest BCUT2D eigenvalue weighted by Crippen LogP contribution is 2.23. The van der Waals surface area contributed by atoms with Crippen molar-refractivity contribution in [3.63, 3.8) is 0 Å². The average molecular weight is 220 g/mol. The molecule has 0 spiro atoms. The van der Waals surface area contributed by atoms with Gasteiger partial charge in [-0.3, -0.25) is 4.90 Å². The van der Waals surface area contributed by atoms with Gasteiger partial charge in [0.1, 0.15) is 0 Å². The molecule has 1 rings (SSSR count). The minimum absolute atomic E-state index is 0.558. The molecule has 0 saturated carbocycles. The molecule has 0 bridgehead atoms. The molecule has 1 saturated heterocycles. The van der Waals surface area contributed by atoms with Crippen LogP contribution in [0.25, 0.3) is 0 Å². The van der Waals surface area contributed by atoms with Crippen molar-refractivity contribution >= 4 is 11.6 Å². The van der Waals surface area contributed by atoms with Crippen molar-refractivity contribution in [1.29, 1.82) is 0 Å². The Morgan fingerprint density at radius 2 is 2.36 bits per heavy atom. The number of likely N-dealkylation sites (tertiary alicyclic amines) is 1. The third kappa shape index (κ3) is 3.41. The van der Waals surface area contributed by atoms with Crippen molar-refractivity contribution in [2.45, 2.75) is 44.7 Å². The Bertz CT molecular complexity index is 154. The summed E-state index contributed by atoms with van der Waals surface area (Å²) in [5.41, 5.74) is 0. The Hall–Kier alpha value is 0.210.